The lowest BCUT2D eigenvalue weighted by Gasteiger charge is -2.19. The van der Waals surface area contributed by atoms with Gasteiger partial charge in [0.1, 0.15) is 0 Å². The Balaban J connectivity index is 1.70. The van der Waals surface area contributed by atoms with Crippen molar-refractivity contribution in [3.8, 4) is 0 Å². The van der Waals surface area contributed by atoms with E-state index in [0.717, 1.165) is 19.1 Å². The second-order valence-corrected chi connectivity index (χ2v) is 6.46. The molecular weight excluding hydrogens is 272 g/mol. The van der Waals surface area contributed by atoms with Crippen molar-refractivity contribution >= 4 is 27.3 Å². The maximum atomic E-state index is 3.53. The average Bonchev–Trinajstić information content (AvgIpc) is 2.77. The number of rotatable bonds is 4. The summed E-state index contributed by atoms with van der Waals surface area (Å²) < 4.78 is 1.22. The summed E-state index contributed by atoms with van der Waals surface area (Å²) in [5, 5.41) is 5.74. The van der Waals surface area contributed by atoms with Crippen molar-refractivity contribution in [3.63, 3.8) is 0 Å². The van der Waals surface area contributed by atoms with Gasteiger partial charge in [-0.3, -0.25) is 0 Å². The zero-order chi connectivity index (χ0) is 10.7. The highest BCUT2D eigenvalue weighted by Gasteiger charge is 2.19. The Morgan fingerprint density at radius 3 is 3.13 bits per heavy atom. The molecule has 0 aliphatic carbocycles. The molecule has 0 radical (unpaired) electrons. The lowest BCUT2D eigenvalue weighted by atomic mass is 10.2. The molecule has 1 N–H and O–H groups in total. The topological polar surface area (TPSA) is 15.3 Å². The number of nitrogens with one attached hydrogen (secondary N) is 1. The monoisotopic (exact) mass is 288 g/mol. The first-order valence-corrected chi connectivity index (χ1v) is 7.07. The molecule has 1 unspecified atom stereocenters. The first kappa shape index (κ1) is 11.6. The van der Waals surface area contributed by atoms with E-state index in [9.17, 15) is 0 Å². The van der Waals surface area contributed by atoms with E-state index in [4.69, 9.17) is 0 Å². The molecule has 84 valence electrons. The van der Waals surface area contributed by atoms with Crippen LogP contribution in [0.1, 0.15) is 18.4 Å². The van der Waals surface area contributed by atoms with Crippen molar-refractivity contribution in [2.45, 2.75) is 25.4 Å². The molecule has 1 aromatic heterocycles. The Bertz CT molecular complexity index is 313. The summed E-state index contributed by atoms with van der Waals surface area (Å²) in [7, 11) is 2.22. The van der Waals surface area contributed by atoms with Gasteiger partial charge in [0, 0.05) is 19.1 Å². The first-order valence-electron chi connectivity index (χ1n) is 5.39. The van der Waals surface area contributed by atoms with Crippen LogP contribution in [0.3, 0.4) is 0 Å². The lowest BCUT2D eigenvalue weighted by molar-refractivity contribution is 0.300. The minimum absolute atomic E-state index is 0.743. The van der Waals surface area contributed by atoms with Crippen molar-refractivity contribution in [3.05, 3.63) is 20.8 Å². The van der Waals surface area contributed by atoms with E-state index < -0.39 is 0 Å². The third-order valence-corrected chi connectivity index (χ3v) is 4.56. The zero-order valence-corrected chi connectivity index (χ0v) is 11.4. The summed E-state index contributed by atoms with van der Waals surface area (Å²) in [4.78, 5) is 2.45. The third-order valence-electron chi connectivity index (χ3n) is 3.00. The fourth-order valence-corrected chi connectivity index (χ4v) is 3.27. The molecular formula is C11H17BrN2S. The van der Waals surface area contributed by atoms with Crippen LogP contribution in [-0.4, -0.2) is 31.1 Å². The molecule has 1 atom stereocenters. The van der Waals surface area contributed by atoms with Crippen LogP contribution in [-0.2, 0) is 6.54 Å². The van der Waals surface area contributed by atoms with Gasteiger partial charge in [-0.15, -0.1) is 11.3 Å². The molecule has 1 aliphatic rings. The highest BCUT2D eigenvalue weighted by molar-refractivity contribution is 9.11. The molecule has 4 heteroatoms. The van der Waals surface area contributed by atoms with Crippen LogP contribution in [0.25, 0.3) is 0 Å². The zero-order valence-electron chi connectivity index (χ0n) is 9.00. The largest absolute Gasteiger partial charge is 0.311 e. The van der Waals surface area contributed by atoms with Gasteiger partial charge in [0.15, 0.2) is 0 Å². The number of likely N-dealkylation sites (tertiary alicyclic amines) is 1. The van der Waals surface area contributed by atoms with E-state index in [2.05, 4.69) is 44.6 Å². The van der Waals surface area contributed by atoms with Crippen LogP contribution in [0.15, 0.2) is 15.2 Å². The molecule has 0 spiro atoms. The van der Waals surface area contributed by atoms with E-state index in [0.29, 0.717) is 0 Å². The molecule has 2 nitrogen and oxygen atoms in total. The second kappa shape index (κ2) is 5.43. The van der Waals surface area contributed by atoms with Crippen LogP contribution in [0.5, 0.6) is 0 Å². The normalized spacial score (nSPS) is 22.4. The molecule has 1 aliphatic heterocycles. The van der Waals surface area contributed by atoms with Gasteiger partial charge in [-0.2, -0.15) is 0 Å². The Hall–Kier alpha value is 0.100. The quantitative estimate of drug-likeness (QED) is 0.917. The molecule has 0 bridgehead atoms. The summed E-state index contributed by atoms with van der Waals surface area (Å²) in [6, 6.07) is 2.93. The summed E-state index contributed by atoms with van der Waals surface area (Å²) in [6.07, 6.45) is 2.70. The molecule has 1 saturated heterocycles. The van der Waals surface area contributed by atoms with Crippen LogP contribution in [0.2, 0.25) is 0 Å². The predicted octanol–water partition coefficient (Wildman–Crippen LogP) is 2.69. The Morgan fingerprint density at radius 2 is 2.53 bits per heavy atom. The van der Waals surface area contributed by atoms with E-state index in [1.807, 2.05) is 0 Å². The van der Waals surface area contributed by atoms with E-state index in [-0.39, 0.29) is 0 Å². The molecule has 2 heterocycles. The van der Waals surface area contributed by atoms with Crippen LogP contribution < -0.4 is 5.32 Å². The van der Waals surface area contributed by atoms with Gasteiger partial charge in [-0.05, 0) is 59.4 Å². The van der Waals surface area contributed by atoms with E-state index in [1.165, 1.54) is 28.7 Å². The molecule has 0 saturated carbocycles. The second-order valence-electron chi connectivity index (χ2n) is 4.17. The first-order chi connectivity index (χ1) is 7.25. The van der Waals surface area contributed by atoms with Crippen molar-refractivity contribution in [2.24, 2.45) is 0 Å². The van der Waals surface area contributed by atoms with E-state index in [1.54, 1.807) is 11.3 Å². The van der Waals surface area contributed by atoms with Gasteiger partial charge < -0.3 is 10.2 Å². The lowest BCUT2D eigenvalue weighted by Crippen LogP contribution is -2.35. The molecule has 0 amide bonds. The van der Waals surface area contributed by atoms with Gasteiger partial charge in [0.05, 0.1) is 3.79 Å². The number of halogens is 1. The standard InChI is InChI=1S/C11H17BrN2S/c1-14-4-2-3-10(14)7-13-6-9-5-11(12)15-8-9/h5,8,10,13H,2-4,6-7H2,1H3. The average molecular weight is 289 g/mol. The fraction of sp³-hybridized carbons (Fsp3) is 0.636. The van der Waals surface area contributed by atoms with E-state index >= 15 is 0 Å². The maximum absolute atomic E-state index is 3.53. The van der Waals surface area contributed by atoms with Gasteiger partial charge in [0.25, 0.3) is 0 Å². The highest BCUT2D eigenvalue weighted by Crippen LogP contribution is 2.20. The molecule has 2 rings (SSSR count). The summed E-state index contributed by atoms with van der Waals surface area (Å²) in [5.74, 6) is 0. The SMILES string of the molecule is CN1CCCC1CNCc1csc(Br)c1. The Morgan fingerprint density at radius 1 is 1.67 bits per heavy atom. The van der Waals surface area contributed by atoms with Crippen LogP contribution >= 0.6 is 27.3 Å². The van der Waals surface area contributed by atoms with Gasteiger partial charge in [-0.1, -0.05) is 0 Å². The van der Waals surface area contributed by atoms with Crippen molar-refractivity contribution in [1.29, 1.82) is 0 Å². The minimum Gasteiger partial charge on any atom is -0.311 e. The Kier molecular flexibility index (Phi) is 4.20. The van der Waals surface area contributed by atoms with Gasteiger partial charge >= 0.3 is 0 Å². The number of likely N-dealkylation sites (N-methyl/N-ethyl adjacent to an activating group) is 1. The van der Waals surface area contributed by atoms with Crippen molar-refractivity contribution in [2.75, 3.05) is 20.1 Å². The molecule has 0 aromatic carbocycles. The van der Waals surface area contributed by atoms with Crippen molar-refractivity contribution < 1.29 is 0 Å². The number of thiophene rings is 1. The molecule has 15 heavy (non-hydrogen) atoms. The molecule has 1 aromatic rings. The number of hydrogen-bond acceptors (Lipinski definition) is 3. The summed E-state index contributed by atoms with van der Waals surface area (Å²) >= 11 is 5.24. The predicted molar refractivity (Wildman–Crippen MR) is 69.4 cm³/mol. The third kappa shape index (κ3) is 3.28. The Labute approximate surface area is 104 Å². The summed E-state index contributed by atoms with van der Waals surface area (Å²) in [6.45, 7) is 3.37. The van der Waals surface area contributed by atoms with Gasteiger partial charge in [0.2, 0.25) is 0 Å². The number of nitrogens with zero attached hydrogens (tertiary/aromatic N) is 1. The minimum atomic E-state index is 0.743. The smallest absolute Gasteiger partial charge is 0.0701 e. The highest BCUT2D eigenvalue weighted by atomic mass is 79.9. The van der Waals surface area contributed by atoms with Crippen molar-refractivity contribution in [1.82, 2.24) is 10.2 Å². The molecule has 1 fully saturated rings. The fourth-order valence-electron chi connectivity index (χ4n) is 2.06. The summed E-state index contributed by atoms with van der Waals surface area (Å²) in [5.41, 5.74) is 1.38. The number of hydrogen-bond donors (Lipinski definition) is 1. The van der Waals surface area contributed by atoms with Gasteiger partial charge in [-0.25, -0.2) is 0 Å². The van der Waals surface area contributed by atoms with Crippen LogP contribution in [0.4, 0.5) is 0 Å². The van der Waals surface area contributed by atoms with Crippen LogP contribution in [0, 0.1) is 0 Å². The maximum Gasteiger partial charge on any atom is 0.0701 e.